The van der Waals surface area contributed by atoms with E-state index in [-0.39, 0.29) is 5.91 Å². The van der Waals surface area contributed by atoms with E-state index in [0.717, 1.165) is 15.4 Å². The molecule has 1 unspecified atom stereocenters. The lowest BCUT2D eigenvalue weighted by Crippen LogP contribution is -2.49. The van der Waals surface area contributed by atoms with E-state index < -0.39 is 11.0 Å². The average Bonchev–Trinajstić information content (AvgIpc) is 2.57. The minimum Gasteiger partial charge on any atom is -0.470 e. The molecular formula is C17H20BrN3O3S. The molecular weight excluding hydrogens is 406 g/mol. The number of ether oxygens (including phenoxy) is 1. The van der Waals surface area contributed by atoms with Gasteiger partial charge in [-0.1, -0.05) is 5.16 Å². The Morgan fingerprint density at radius 3 is 2.88 bits per heavy atom. The smallest absolute Gasteiger partial charge is 0.272 e. The number of halogens is 1. The van der Waals surface area contributed by atoms with Crippen molar-refractivity contribution in [1.29, 1.82) is 0 Å². The van der Waals surface area contributed by atoms with Crippen molar-refractivity contribution in [1.82, 2.24) is 10.3 Å². The van der Waals surface area contributed by atoms with E-state index in [9.17, 15) is 4.79 Å². The Morgan fingerprint density at radius 2 is 2.20 bits per heavy atom. The largest absolute Gasteiger partial charge is 0.470 e. The van der Waals surface area contributed by atoms with Crippen molar-refractivity contribution in [2.75, 3.05) is 13.4 Å². The van der Waals surface area contributed by atoms with Gasteiger partial charge >= 0.3 is 0 Å². The van der Waals surface area contributed by atoms with Gasteiger partial charge < -0.3 is 14.9 Å². The van der Waals surface area contributed by atoms with Crippen LogP contribution in [0, 0.1) is 0 Å². The minimum atomic E-state index is -0.687. The molecule has 25 heavy (non-hydrogen) atoms. The molecule has 0 spiro atoms. The third-order valence-corrected chi connectivity index (χ3v) is 4.39. The SMILES string of the molecule is CO/N=C/C(C)(C)NC(=O)C(Oc1ccc2ncc(Br)cc2c1)SC. The molecule has 0 bridgehead atoms. The number of benzene rings is 1. The molecule has 0 aliphatic heterocycles. The second-order valence-electron chi connectivity index (χ2n) is 5.82. The van der Waals surface area contributed by atoms with E-state index >= 15 is 0 Å². The molecule has 8 heteroatoms. The Bertz CT molecular complexity index is 783. The summed E-state index contributed by atoms with van der Waals surface area (Å²) in [5, 5.41) is 7.51. The number of thioether (sulfide) groups is 1. The number of rotatable bonds is 7. The number of nitrogens with zero attached hydrogens (tertiary/aromatic N) is 2. The zero-order chi connectivity index (χ0) is 18.4. The maximum absolute atomic E-state index is 12.5. The molecule has 1 aromatic heterocycles. The van der Waals surface area contributed by atoms with Crippen LogP contribution in [0.2, 0.25) is 0 Å². The highest BCUT2D eigenvalue weighted by Crippen LogP contribution is 2.24. The van der Waals surface area contributed by atoms with Crippen molar-refractivity contribution in [3.63, 3.8) is 0 Å². The molecule has 0 saturated carbocycles. The van der Waals surface area contributed by atoms with Crippen molar-refractivity contribution in [2.24, 2.45) is 5.16 Å². The summed E-state index contributed by atoms with van der Waals surface area (Å²) >= 11 is 4.72. The van der Waals surface area contributed by atoms with Gasteiger partial charge in [-0.3, -0.25) is 9.78 Å². The predicted molar refractivity (Wildman–Crippen MR) is 105 cm³/mol. The number of carbonyl (C=O) groups excluding carboxylic acids is 1. The Labute approximate surface area is 159 Å². The third kappa shape index (κ3) is 5.61. The summed E-state index contributed by atoms with van der Waals surface area (Å²) < 4.78 is 6.74. The summed E-state index contributed by atoms with van der Waals surface area (Å²) in [4.78, 5) is 21.5. The van der Waals surface area contributed by atoms with E-state index in [1.165, 1.54) is 25.1 Å². The lowest BCUT2D eigenvalue weighted by molar-refractivity contribution is -0.125. The van der Waals surface area contributed by atoms with Gasteiger partial charge in [-0.15, -0.1) is 11.8 Å². The first-order valence-electron chi connectivity index (χ1n) is 7.49. The van der Waals surface area contributed by atoms with Crippen LogP contribution in [0.25, 0.3) is 10.9 Å². The molecule has 0 fully saturated rings. The maximum Gasteiger partial charge on any atom is 0.272 e. The van der Waals surface area contributed by atoms with E-state index in [2.05, 4.69) is 36.2 Å². The van der Waals surface area contributed by atoms with E-state index in [4.69, 9.17) is 4.74 Å². The summed E-state index contributed by atoms with van der Waals surface area (Å²) in [5.74, 6) is 0.359. The highest BCUT2D eigenvalue weighted by molar-refractivity contribution is 9.10. The number of fused-ring (bicyclic) bond motifs is 1. The fraction of sp³-hybridized carbons (Fsp3) is 0.353. The number of nitrogens with one attached hydrogen (secondary N) is 1. The summed E-state index contributed by atoms with van der Waals surface area (Å²) in [7, 11) is 1.45. The number of aromatic nitrogens is 1. The normalized spacial score (nSPS) is 13.0. The van der Waals surface area contributed by atoms with Gasteiger partial charge in [-0.05, 0) is 60.3 Å². The number of hydrogen-bond donors (Lipinski definition) is 1. The van der Waals surface area contributed by atoms with Gasteiger partial charge in [0.15, 0.2) is 0 Å². The van der Waals surface area contributed by atoms with Crippen molar-refractivity contribution in [3.05, 3.63) is 34.9 Å². The zero-order valence-electron chi connectivity index (χ0n) is 14.4. The van der Waals surface area contributed by atoms with Crippen LogP contribution >= 0.6 is 27.7 Å². The summed E-state index contributed by atoms with van der Waals surface area (Å²) in [6.45, 7) is 3.65. The molecule has 0 saturated heterocycles. The molecule has 6 nitrogen and oxygen atoms in total. The molecule has 0 radical (unpaired) electrons. The predicted octanol–water partition coefficient (Wildman–Crippen LogP) is 3.59. The van der Waals surface area contributed by atoms with Gasteiger partial charge in [0.25, 0.3) is 5.91 Å². The van der Waals surface area contributed by atoms with Gasteiger partial charge in [0, 0.05) is 16.1 Å². The van der Waals surface area contributed by atoms with Crippen LogP contribution in [0.15, 0.2) is 40.1 Å². The second-order valence-corrected chi connectivity index (χ2v) is 7.64. The Morgan fingerprint density at radius 1 is 1.44 bits per heavy atom. The Balaban J connectivity index is 2.13. The summed E-state index contributed by atoms with van der Waals surface area (Å²) in [6.07, 6.45) is 5.09. The lowest BCUT2D eigenvalue weighted by atomic mass is 10.1. The average molecular weight is 426 g/mol. The first kappa shape index (κ1) is 19.5. The van der Waals surface area contributed by atoms with Crippen molar-refractivity contribution >= 4 is 50.7 Å². The molecule has 0 aliphatic carbocycles. The molecule has 2 aromatic rings. The van der Waals surface area contributed by atoms with Crippen LogP contribution in [-0.2, 0) is 9.63 Å². The molecule has 1 aromatic carbocycles. The number of carbonyl (C=O) groups is 1. The molecule has 0 aliphatic rings. The van der Waals surface area contributed by atoms with Crippen molar-refractivity contribution in [3.8, 4) is 5.75 Å². The molecule has 1 heterocycles. The Hall–Kier alpha value is -1.80. The van der Waals surface area contributed by atoms with Gasteiger partial charge in [-0.25, -0.2) is 0 Å². The van der Waals surface area contributed by atoms with E-state index in [0.29, 0.717) is 5.75 Å². The standard InChI is InChI=1S/C17H20BrN3O3S/c1-17(2,10-20-23-3)21-15(22)16(25-4)24-13-5-6-14-11(8-13)7-12(18)9-19-14/h5-10,16H,1-4H3,(H,21,22)/b20-10+. The second kappa shape index (κ2) is 8.53. The molecule has 1 amide bonds. The van der Waals surface area contributed by atoms with Crippen LogP contribution in [0.4, 0.5) is 0 Å². The lowest BCUT2D eigenvalue weighted by Gasteiger charge is -2.24. The van der Waals surface area contributed by atoms with Gasteiger partial charge in [0.05, 0.1) is 17.3 Å². The van der Waals surface area contributed by atoms with Crippen molar-refractivity contribution in [2.45, 2.75) is 24.8 Å². The van der Waals surface area contributed by atoms with Crippen LogP contribution in [0.5, 0.6) is 5.75 Å². The number of oxime groups is 1. The minimum absolute atomic E-state index is 0.243. The fourth-order valence-corrected chi connectivity index (χ4v) is 2.91. The number of hydrogen-bond acceptors (Lipinski definition) is 6. The first-order chi connectivity index (χ1) is 11.8. The highest BCUT2D eigenvalue weighted by atomic mass is 79.9. The zero-order valence-corrected chi connectivity index (χ0v) is 16.8. The topological polar surface area (TPSA) is 72.8 Å². The summed E-state index contributed by atoms with van der Waals surface area (Å²) in [6, 6.07) is 7.48. The van der Waals surface area contributed by atoms with Crippen LogP contribution in [0.3, 0.4) is 0 Å². The maximum atomic E-state index is 12.5. The van der Waals surface area contributed by atoms with Gasteiger partial charge in [-0.2, -0.15) is 0 Å². The molecule has 1 N–H and O–H groups in total. The van der Waals surface area contributed by atoms with Crippen molar-refractivity contribution < 1.29 is 14.4 Å². The van der Waals surface area contributed by atoms with Gasteiger partial charge in [0.2, 0.25) is 5.44 Å². The molecule has 134 valence electrons. The van der Waals surface area contributed by atoms with Crippen LogP contribution in [-0.4, -0.2) is 41.4 Å². The number of pyridine rings is 1. The van der Waals surface area contributed by atoms with Crippen LogP contribution < -0.4 is 10.1 Å². The monoisotopic (exact) mass is 425 g/mol. The number of amides is 1. The fourth-order valence-electron chi connectivity index (χ4n) is 2.08. The molecule has 2 rings (SSSR count). The third-order valence-electron chi connectivity index (χ3n) is 3.22. The highest BCUT2D eigenvalue weighted by Gasteiger charge is 2.26. The quantitative estimate of drug-likeness (QED) is 0.416. The Kier molecular flexibility index (Phi) is 6.66. The first-order valence-corrected chi connectivity index (χ1v) is 9.57. The van der Waals surface area contributed by atoms with Gasteiger partial charge in [0.1, 0.15) is 12.9 Å². The van der Waals surface area contributed by atoms with Crippen LogP contribution in [0.1, 0.15) is 13.8 Å². The van der Waals surface area contributed by atoms with E-state index in [1.807, 2.05) is 38.3 Å². The molecule has 1 atom stereocenters. The summed E-state index contributed by atoms with van der Waals surface area (Å²) in [5.41, 5.74) is -0.479. The van der Waals surface area contributed by atoms with E-state index in [1.54, 1.807) is 12.3 Å².